The molecule has 0 unspecified atom stereocenters. The Hall–Kier alpha value is -1.44. The maximum absolute atomic E-state index is 5.52. The van der Waals surface area contributed by atoms with Gasteiger partial charge < -0.3 is 10.1 Å². The van der Waals surface area contributed by atoms with Crippen LogP contribution in [0.2, 0.25) is 0 Å². The first-order chi connectivity index (χ1) is 7.52. The Labute approximate surface area is 105 Å². The lowest BCUT2D eigenvalue weighted by atomic mass is 9.91. The van der Waals surface area contributed by atoms with Crippen molar-refractivity contribution in [3.05, 3.63) is 29.8 Å². The van der Waals surface area contributed by atoms with Crippen LogP contribution in [0.4, 0.5) is 5.69 Å². The van der Waals surface area contributed by atoms with Crippen molar-refractivity contribution in [3.8, 4) is 5.75 Å². The number of fused-ring (bicyclic) bond motifs is 1. The monoisotopic (exact) mass is 233 g/mol. The quantitative estimate of drug-likeness (QED) is 0.821. The van der Waals surface area contributed by atoms with Gasteiger partial charge in [-0.2, -0.15) is 0 Å². The molecule has 2 nitrogen and oxygen atoms in total. The number of hydrogen-bond donors (Lipinski definition) is 1. The Kier molecular flexibility index (Phi) is 3.87. The van der Waals surface area contributed by atoms with Gasteiger partial charge in [-0.3, -0.25) is 0 Å². The number of nitrogens with one attached hydrogen (secondary N) is 1. The van der Waals surface area contributed by atoms with Crippen molar-refractivity contribution >= 4 is 11.3 Å². The Morgan fingerprint density at radius 1 is 1.29 bits per heavy atom. The molecule has 0 radical (unpaired) electrons. The van der Waals surface area contributed by atoms with Gasteiger partial charge in [0, 0.05) is 11.3 Å². The van der Waals surface area contributed by atoms with E-state index < -0.39 is 0 Å². The average Bonchev–Trinajstić information content (AvgIpc) is 2.18. The van der Waals surface area contributed by atoms with Gasteiger partial charge in [0.05, 0.1) is 12.1 Å². The largest absolute Gasteiger partial charge is 0.494 e. The second kappa shape index (κ2) is 4.82. The van der Waals surface area contributed by atoms with Crippen molar-refractivity contribution in [3.63, 3.8) is 0 Å². The van der Waals surface area contributed by atoms with Crippen LogP contribution in [0.15, 0.2) is 24.3 Å². The van der Waals surface area contributed by atoms with Crippen molar-refractivity contribution in [1.29, 1.82) is 0 Å². The molecule has 0 atom stereocenters. The van der Waals surface area contributed by atoms with E-state index in [-0.39, 0.29) is 13.0 Å². The highest BCUT2D eigenvalue weighted by molar-refractivity contribution is 5.80. The van der Waals surface area contributed by atoms with E-state index in [2.05, 4.69) is 44.3 Å². The normalized spacial score (nSPS) is 16.1. The number of rotatable bonds is 2. The highest BCUT2D eigenvalue weighted by atomic mass is 16.5. The fraction of sp³-hybridized carbons (Fsp3) is 0.467. The Morgan fingerprint density at radius 3 is 2.65 bits per heavy atom. The smallest absolute Gasteiger partial charge is 0.120 e. The number of ether oxygens (including phenoxy) is 1. The Balaban J connectivity index is 0.00000144. The zero-order valence-corrected chi connectivity index (χ0v) is 10.4. The molecule has 17 heavy (non-hydrogen) atoms. The van der Waals surface area contributed by atoms with Crippen LogP contribution < -0.4 is 10.1 Å². The van der Waals surface area contributed by atoms with E-state index >= 15 is 0 Å². The van der Waals surface area contributed by atoms with E-state index in [1.165, 1.54) is 16.8 Å². The summed E-state index contributed by atoms with van der Waals surface area (Å²) >= 11 is 0. The third kappa shape index (κ3) is 2.82. The third-order valence-corrected chi connectivity index (χ3v) is 2.76. The first-order valence-corrected chi connectivity index (χ1v) is 5.77. The zero-order valence-electron chi connectivity index (χ0n) is 10.4. The molecule has 2 heteroatoms. The summed E-state index contributed by atoms with van der Waals surface area (Å²) in [6.07, 6.45) is 2.26. The van der Waals surface area contributed by atoms with E-state index in [1.54, 1.807) is 0 Å². The molecule has 0 saturated carbocycles. The summed E-state index contributed by atoms with van der Waals surface area (Å²) in [7, 11) is 0. The van der Waals surface area contributed by atoms with Crippen molar-refractivity contribution in [2.45, 2.75) is 40.7 Å². The van der Waals surface area contributed by atoms with Crippen LogP contribution in [0.3, 0.4) is 0 Å². The van der Waals surface area contributed by atoms with E-state index in [0.29, 0.717) is 6.61 Å². The van der Waals surface area contributed by atoms with E-state index in [0.717, 1.165) is 5.75 Å². The minimum atomic E-state index is 0. The third-order valence-electron chi connectivity index (χ3n) is 2.76. The van der Waals surface area contributed by atoms with Crippen molar-refractivity contribution in [2.24, 2.45) is 0 Å². The fourth-order valence-electron chi connectivity index (χ4n) is 2.22. The lowest BCUT2D eigenvalue weighted by Gasteiger charge is -2.31. The van der Waals surface area contributed by atoms with Gasteiger partial charge in [0.15, 0.2) is 0 Å². The lowest BCUT2D eigenvalue weighted by Crippen LogP contribution is -2.31. The minimum absolute atomic E-state index is 0. The van der Waals surface area contributed by atoms with Gasteiger partial charge in [0.1, 0.15) is 5.75 Å². The second-order valence-corrected chi connectivity index (χ2v) is 4.81. The minimum Gasteiger partial charge on any atom is -0.494 e. The molecule has 1 aromatic rings. The maximum atomic E-state index is 5.52. The molecular formula is C15H23NO. The van der Waals surface area contributed by atoms with Gasteiger partial charge >= 0.3 is 0 Å². The molecule has 1 aromatic carbocycles. The Bertz CT molecular complexity index is 433. The van der Waals surface area contributed by atoms with Gasteiger partial charge in [-0.15, -0.1) is 0 Å². The molecule has 0 fully saturated rings. The van der Waals surface area contributed by atoms with Gasteiger partial charge in [0.25, 0.3) is 0 Å². The maximum Gasteiger partial charge on any atom is 0.120 e. The standard InChI is InChI=1S/C14H19NO.CH4/c1-5-16-11-6-7-13-12(8-11)10(2)9-14(3,4)15-13;/h6-9,15H,5H2,1-4H3;1H4. The topological polar surface area (TPSA) is 21.3 Å². The zero-order chi connectivity index (χ0) is 11.8. The molecular weight excluding hydrogens is 210 g/mol. The summed E-state index contributed by atoms with van der Waals surface area (Å²) in [5, 5.41) is 3.50. The van der Waals surface area contributed by atoms with Crippen LogP contribution in [0.25, 0.3) is 5.57 Å². The molecule has 0 amide bonds. The Morgan fingerprint density at radius 2 is 2.00 bits per heavy atom. The highest BCUT2D eigenvalue weighted by Crippen LogP contribution is 2.35. The lowest BCUT2D eigenvalue weighted by molar-refractivity contribution is 0.340. The first-order valence-electron chi connectivity index (χ1n) is 5.77. The number of hydrogen-bond acceptors (Lipinski definition) is 2. The predicted octanol–water partition coefficient (Wildman–Crippen LogP) is 4.33. The predicted molar refractivity (Wildman–Crippen MR) is 75.7 cm³/mol. The van der Waals surface area contributed by atoms with Gasteiger partial charge in [-0.05, 0) is 51.5 Å². The van der Waals surface area contributed by atoms with E-state index in [4.69, 9.17) is 4.74 Å². The van der Waals surface area contributed by atoms with Crippen LogP contribution in [0, 0.1) is 0 Å². The molecule has 1 aliphatic heterocycles. The molecule has 94 valence electrons. The van der Waals surface area contributed by atoms with Gasteiger partial charge in [-0.1, -0.05) is 13.5 Å². The number of allylic oxidation sites excluding steroid dienone is 1. The molecule has 2 rings (SSSR count). The van der Waals surface area contributed by atoms with Crippen molar-refractivity contribution in [2.75, 3.05) is 11.9 Å². The van der Waals surface area contributed by atoms with E-state index in [1.807, 2.05) is 13.0 Å². The number of anilines is 1. The molecule has 0 spiro atoms. The van der Waals surface area contributed by atoms with Crippen LogP contribution in [0.5, 0.6) is 5.75 Å². The molecule has 1 N–H and O–H groups in total. The van der Waals surface area contributed by atoms with E-state index in [9.17, 15) is 0 Å². The van der Waals surface area contributed by atoms with Crippen molar-refractivity contribution in [1.82, 2.24) is 0 Å². The molecule has 1 heterocycles. The summed E-state index contributed by atoms with van der Waals surface area (Å²) in [5.41, 5.74) is 3.77. The highest BCUT2D eigenvalue weighted by Gasteiger charge is 2.22. The van der Waals surface area contributed by atoms with Crippen LogP contribution in [-0.4, -0.2) is 12.1 Å². The average molecular weight is 233 g/mol. The van der Waals surface area contributed by atoms with Crippen LogP contribution >= 0.6 is 0 Å². The van der Waals surface area contributed by atoms with Crippen LogP contribution in [0.1, 0.15) is 40.7 Å². The summed E-state index contributed by atoms with van der Waals surface area (Å²) in [4.78, 5) is 0. The number of benzene rings is 1. The summed E-state index contributed by atoms with van der Waals surface area (Å²) in [6, 6.07) is 6.22. The molecule has 0 saturated heterocycles. The van der Waals surface area contributed by atoms with Gasteiger partial charge in [0.2, 0.25) is 0 Å². The molecule has 0 aliphatic carbocycles. The molecule has 0 bridgehead atoms. The molecule has 0 aromatic heterocycles. The summed E-state index contributed by atoms with van der Waals surface area (Å²) in [6.45, 7) is 9.22. The van der Waals surface area contributed by atoms with Crippen molar-refractivity contribution < 1.29 is 4.74 Å². The fourth-order valence-corrected chi connectivity index (χ4v) is 2.22. The summed E-state index contributed by atoms with van der Waals surface area (Å²) < 4.78 is 5.52. The molecule has 1 aliphatic rings. The summed E-state index contributed by atoms with van der Waals surface area (Å²) in [5.74, 6) is 0.940. The van der Waals surface area contributed by atoms with Crippen LogP contribution in [-0.2, 0) is 0 Å². The SMILES string of the molecule is C.CCOc1ccc2c(c1)C(C)=CC(C)(C)N2. The second-order valence-electron chi connectivity index (χ2n) is 4.81. The first kappa shape index (κ1) is 13.6. The van der Waals surface area contributed by atoms with Gasteiger partial charge in [-0.25, -0.2) is 0 Å².